The number of aryl methyl sites for hydroxylation is 1. The molecule has 4 N–H and O–H groups in total. The first-order valence-electron chi connectivity index (χ1n) is 11.0. The number of nitrogens with one attached hydrogen (secondary N) is 4. The van der Waals surface area contributed by atoms with E-state index in [1.807, 2.05) is 6.92 Å². The van der Waals surface area contributed by atoms with Crippen molar-refractivity contribution >= 4 is 29.6 Å². The number of rotatable bonds is 7. The van der Waals surface area contributed by atoms with Gasteiger partial charge in [-0.3, -0.25) is 14.5 Å². The predicted octanol–water partition coefficient (Wildman–Crippen LogP) is 2.26. The molecule has 31 heavy (non-hydrogen) atoms. The lowest BCUT2D eigenvalue weighted by Gasteiger charge is -2.20. The number of benzene rings is 1. The Bertz CT molecular complexity index is 905. The molecule has 1 aromatic carbocycles. The smallest absolute Gasteiger partial charge is 0.325 e. The highest BCUT2D eigenvalue weighted by atomic mass is 16.2. The van der Waals surface area contributed by atoms with Crippen LogP contribution in [0.25, 0.3) is 0 Å². The summed E-state index contributed by atoms with van der Waals surface area (Å²) in [5, 5.41) is 11.3. The lowest BCUT2D eigenvalue weighted by atomic mass is 9.98. The minimum atomic E-state index is -0.698. The summed E-state index contributed by atoms with van der Waals surface area (Å²) in [7, 11) is 0. The second-order valence-corrected chi connectivity index (χ2v) is 8.69. The third-order valence-electron chi connectivity index (χ3n) is 6.21. The van der Waals surface area contributed by atoms with Gasteiger partial charge in [-0.05, 0) is 56.7 Å². The minimum Gasteiger partial charge on any atom is -0.349 e. The monoisotopic (exact) mass is 427 g/mol. The predicted molar refractivity (Wildman–Crippen MR) is 115 cm³/mol. The third-order valence-corrected chi connectivity index (χ3v) is 6.21. The summed E-state index contributed by atoms with van der Waals surface area (Å²) < 4.78 is 0. The van der Waals surface area contributed by atoms with Crippen LogP contribution >= 0.6 is 0 Å². The Balaban J connectivity index is 1.24. The number of carbonyl (C=O) groups excluding carboxylic acids is 4. The Morgan fingerprint density at radius 3 is 2.65 bits per heavy atom. The molecular weight excluding hydrogens is 398 g/mol. The highest BCUT2D eigenvalue weighted by Crippen LogP contribution is 2.35. The molecule has 9 nitrogen and oxygen atoms in total. The van der Waals surface area contributed by atoms with Crippen LogP contribution in [-0.4, -0.2) is 53.4 Å². The van der Waals surface area contributed by atoms with Gasteiger partial charge in [-0.1, -0.05) is 18.9 Å². The number of urea groups is 2. The van der Waals surface area contributed by atoms with E-state index in [9.17, 15) is 19.2 Å². The lowest BCUT2D eigenvalue weighted by Crippen LogP contribution is -2.44. The van der Waals surface area contributed by atoms with Crippen molar-refractivity contribution < 1.29 is 19.2 Å². The maximum absolute atomic E-state index is 12.6. The maximum Gasteiger partial charge on any atom is 0.325 e. The van der Waals surface area contributed by atoms with Gasteiger partial charge in [-0.15, -0.1) is 0 Å². The number of carbonyl (C=O) groups is 4. The van der Waals surface area contributed by atoms with E-state index in [-0.39, 0.29) is 30.4 Å². The average molecular weight is 428 g/mol. The van der Waals surface area contributed by atoms with E-state index in [0.717, 1.165) is 31.2 Å². The number of hydrogen-bond donors (Lipinski definition) is 4. The Morgan fingerprint density at radius 1 is 1.19 bits per heavy atom. The first-order chi connectivity index (χ1) is 14.9. The van der Waals surface area contributed by atoms with Crippen LogP contribution in [0.5, 0.6) is 0 Å². The minimum absolute atomic E-state index is 0.139. The van der Waals surface area contributed by atoms with Crippen molar-refractivity contribution in [3.05, 3.63) is 29.3 Å². The summed E-state index contributed by atoms with van der Waals surface area (Å²) in [6.45, 7) is 2.44. The molecule has 2 aliphatic carbocycles. The topological polar surface area (TPSA) is 120 Å². The number of anilines is 1. The van der Waals surface area contributed by atoms with E-state index in [1.54, 1.807) is 18.2 Å². The van der Waals surface area contributed by atoms with Crippen molar-refractivity contribution in [2.24, 2.45) is 0 Å². The Hall–Kier alpha value is -3.10. The van der Waals surface area contributed by atoms with Gasteiger partial charge in [0.15, 0.2) is 0 Å². The highest BCUT2D eigenvalue weighted by Gasteiger charge is 2.51. The molecule has 3 fully saturated rings. The standard InChI is InChI=1S/C22H29N5O4/c1-14-5-6-15(18(28)24-16-7-8-16)13-17(14)25-20(30)23-11-4-12-27-19(29)22(26-21(27)31)9-2-3-10-22/h5-6,13,16H,2-4,7-12H2,1H3,(H,24,28)(H,26,31)(H2,23,25,30). The summed E-state index contributed by atoms with van der Waals surface area (Å²) in [4.78, 5) is 50.6. The molecule has 1 aromatic rings. The zero-order valence-electron chi connectivity index (χ0n) is 17.8. The van der Waals surface area contributed by atoms with Crippen LogP contribution in [0, 0.1) is 6.92 Å². The molecule has 3 aliphatic rings. The molecule has 9 heteroatoms. The Morgan fingerprint density at radius 2 is 1.94 bits per heavy atom. The first-order valence-corrected chi connectivity index (χ1v) is 11.0. The van der Waals surface area contributed by atoms with Gasteiger partial charge in [0.25, 0.3) is 11.8 Å². The van der Waals surface area contributed by atoms with Crippen LogP contribution in [0.15, 0.2) is 18.2 Å². The van der Waals surface area contributed by atoms with Crippen molar-refractivity contribution in [1.82, 2.24) is 20.9 Å². The van der Waals surface area contributed by atoms with Crippen molar-refractivity contribution in [3.8, 4) is 0 Å². The normalized spacial score (nSPS) is 19.5. The SMILES string of the molecule is Cc1ccc(C(=O)NC2CC2)cc1NC(=O)NCCCN1C(=O)NC2(CCCC2)C1=O. The van der Waals surface area contributed by atoms with E-state index < -0.39 is 11.6 Å². The molecule has 0 bridgehead atoms. The summed E-state index contributed by atoms with van der Waals surface area (Å²) in [5.74, 6) is -0.282. The quantitative estimate of drug-likeness (QED) is 0.394. The molecule has 1 saturated heterocycles. The molecule has 2 saturated carbocycles. The van der Waals surface area contributed by atoms with E-state index >= 15 is 0 Å². The fourth-order valence-electron chi connectivity index (χ4n) is 4.20. The van der Waals surface area contributed by atoms with Gasteiger partial charge in [-0.25, -0.2) is 9.59 Å². The molecule has 4 rings (SSSR count). The molecule has 1 heterocycles. The van der Waals surface area contributed by atoms with Gasteiger partial charge in [0.05, 0.1) is 0 Å². The summed E-state index contributed by atoms with van der Waals surface area (Å²) in [6.07, 6.45) is 5.78. The van der Waals surface area contributed by atoms with E-state index in [0.29, 0.717) is 37.1 Å². The molecule has 1 aliphatic heterocycles. The van der Waals surface area contributed by atoms with Crippen LogP contribution in [0.3, 0.4) is 0 Å². The van der Waals surface area contributed by atoms with Gasteiger partial charge >= 0.3 is 12.1 Å². The molecule has 0 unspecified atom stereocenters. The average Bonchev–Trinajstić information content (AvgIpc) is 3.37. The van der Waals surface area contributed by atoms with Crippen LogP contribution in [-0.2, 0) is 4.79 Å². The number of amides is 6. The van der Waals surface area contributed by atoms with E-state index in [1.165, 1.54) is 4.90 Å². The number of hydrogen-bond acceptors (Lipinski definition) is 4. The van der Waals surface area contributed by atoms with Crippen LogP contribution < -0.4 is 21.3 Å². The van der Waals surface area contributed by atoms with Crippen molar-refractivity contribution in [3.63, 3.8) is 0 Å². The summed E-state index contributed by atoms with van der Waals surface area (Å²) in [5.41, 5.74) is 1.22. The zero-order valence-corrected chi connectivity index (χ0v) is 17.8. The summed E-state index contributed by atoms with van der Waals surface area (Å²) in [6, 6.07) is 4.74. The van der Waals surface area contributed by atoms with Crippen molar-refractivity contribution in [2.45, 2.75) is 63.5 Å². The highest BCUT2D eigenvalue weighted by molar-refractivity contribution is 6.07. The second kappa shape index (κ2) is 8.56. The molecular formula is C22H29N5O4. The maximum atomic E-state index is 12.6. The largest absolute Gasteiger partial charge is 0.349 e. The van der Waals surface area contributed by atoms with E-state index in [2.05, 4.69) is 21.3 Å². The number of nitrogens with zero attached hydrogens (tertiary/aromatic N) is 1. The molecule has 0 radical (unpaired) electrons. The molecule has 0 atom stereocenters. The second-order valence-electron chi connectivity index (χ2n) is 8.69. The number of imide groups is 1. The van der Waals surface area contributed by atoms with Crippen molar-refractivity contribution in [1.29, 1.82) is 0 Å². The van der Waals surface area contributed by atoms with Gasteiger partial charge in [0, 0.05) is 30.4 Å². The van der Waals surface area contributed by atoms with Gasteiger partial charge < -0.3 is 21.3 Å². The third kappa shape index (κ3) is 4.65. The Labute approximate surface area is 181 Å². The Kier molecular flexibility index (Phi) is 5.84. The fourth-order valence-corrected chi connectivity index (χ4v) is 4.20. The van der Waals surface area contributed by atoms with E-state index in [4.69, 9.17) is 0 Å². The first kappa shape index (κ1) is 21.1. The van der Waals surface area contributed by atoms with Gasteiger partial charge in [0.2, 0.25) is 0 Å². The van der Waals surface area contributed by atoms with Gasteiger partial charge in [0.1, 0.15) is 5.54 Å². The van der Waals surface area contributed by atoms with Crippen LogP contribution in [0.1, 0.15) is 60.9 Å². The molecule has 1 spiro atoms. The fraction of sp³-hybridized carbons (Fsp3) is 0.545. The van der Waals surface area contributed by atoms with Crippen molar-refractivity contribution in [2.75, 3.05) is 18.4 Å². The van der Waals surface area contributed by atoms with Gasteiger partial charge in [-0.2, -0.15) is 0 Å². The molecule has 166 valence electrons. The zero-order chi connectivity index (χ0) is 22.0. The molecule has 6 amide bonds. The molecule has 0 aromatic heterocycles. The van der Waals surface area contributed by atoms with Crippen LogP contribution in [0.2, 0.25) is 0 Å². The lowest BCUT2D eigenvalue weighted by molar-refractivity contribution is -0.131. The summed E-state index contributed by atoms with van der Waals surface area (Å²) >= 11 is 0. The van der Waals surface area contributed by atoms with Crippen LogP contribution in [0.4, 0.5) is 15.3 Å².